The van der Waals surface area contributed by atoms with Crippen molar-refractivity contribution in [1.82, 2.24) is 19.6 Å². The number of likely N-dealkylation sites (tertiary alicyclic amines) is 1. The van der Waals surface area contributed by atoms with Crippen molar-refractivity contribution >= 4 is 42.5 Å². The molecule has 226 valence electrons. The van der Waals surface area contributed by atoms with Gasteiger partial charge in [0.25, 0.3) is 0 Å². The first-order valence-electron chi connectivity index (χ1n) is 13.2. The molecule has 0 radical (unpaired) electrons. The van der Waals surface area contributed by atoms with Gasteiger partial charge in [0.1, 0.15) is 0 Å². The van der Waals surface area contributed by atoms with Crippen LogP contribution in [-0.4, -0.2) is 104 Å². The Morgan fingerprint density at radius 1 is 1.33 bits per heavy atom. The molecule has 0 aliphatic carbocycles. The molecule has 3 atom stereocenters. The number of ether oxygens (including phenoxy) is 1. The molecule has 1 fully saturated rings. The van der Waals surface area contributed by atoms with Crippen molar-refractivity contribution in [3.8, 4) is 17.6 Å². The van der Waals surface area contributed by atoms with Gasteiger partial charge >= 0.3 is 229 Å². The second-order valence-electron chi connectivity index (χ2n) is 9.89. The van der Waals surface area contributed by atoms with Crippen molar-refractivity contribution in [3.05, 3.63) is 47.8 Å². The fourth-order valence-electron chi connectivity index (χ4n) is 4.50. The zero-order chi connectivity index (χ0) is 30.4. The number of piperidine rings is 1. The first-order chi connectivity index (χ1) is 19.9. The number of carbonyl (C=O) groups is 1. The fraction of sp³-hybridized carbons (Fsp3) is 0.429. The van der Waals surface area contributed by atoms with E-state index in [1.54, 1.807) is 31.2 Å². The number of aliphatic hydroxyl groups is 1. The van der Waals surface area contributed by atoms with E-state index in [1.807, 2.05) is 11.9 Å². The first-order valence-corrected chi connectivity index (χ1v) is 14.9. The van der Waals surface area contributed by atoms with Gasteiger partial charge in [-0.2, -0.15) is 0 Å². The number of hydrogen-bond donors (Lipinski definition) is 4. The predicted octanol–water partition coefficient (Wildman–Crippen LogP) is 2.22. The van der Waals surface area contributed by atoms with Crippen molar-refractivity contribution < 1.29 is 32.2 Å². The maximum absolute atomic E-state index is 14.7. The van der Waals surface area contributed by atoms with E-state index in [4.69, 9.17) is 4.74 Å². The molecule has 42 heavy (non-hydrogen) atoms. The fourth-order valence-corrected chi connectivity index (χ4v) is 5.96. The molecule has 0 bridgehead atoms. The minimum absolute atomic E-state index is 0.0116. The minimum atomic E-state index is -4.42. The molecule has 4 N–H and O–H groups in total. The van der Waals surface area contributed by atoms with Crippen molar-refractivity contribution in [1.29, 1.82) is 0 Å². The third-order valence-corrected chi connectivity index (χ3v) is 8.31. The van der Waals surface area contributed by atoms with E-state index >= 15 is 0 Å². The van der Waals surface area contributed by atoms with E-state index in [0.29, 0.717) is 41.3 Å². The van der Waals surface area contributed by atoms with Crippen LogP contribution in [0.1, 0.15) is 29.3 Å². The zero-order valence-electron chi connectivity index (χ0n) is 23.3. The number of hydrogen-bond acceptors (Lipinski definition) is 7. The van der Waals surface area contributed by atoms with Crippen molar-refractivity contribution in [2.75, 3.05) is 51.0 Å². The van der Waals surface area contributed by atoms with E-state index < -0.39 is 38.3 Å². The van der Waals surface area contributed by atoms with Gasteiger partial charge in [-0.3, -0.25) is 0 Å². The average Bonchev–Trinajstić information content (AvgIpc) is 3.27. The van der Waals surface area contributed by atoms with Gasteiger partial charge in [0.05, 0.1) is 6.10 Å². The third kappa shape index (κ3) is 8.07. The van der Waals surface area contributed by atoms with Crippen LogP contribution in [0, 0.1) is 11.8 Å². The van der Waals surface area contributed by atoms with Crippen molar-refractivity contribution in [2.45, 2.75) is 36.7 Å². The normalized spacial score (nSPS) is 18.2. The number of aromatic nitrogens is 2. The van der Waals surface area contributed by atoms with Crippen LogP contribution >= 0.6 is 0 Å². The molecule has 3 unspecified atom stereocenters. The standard InChI is InChI=1S/C28H32F4N6O3Se/c1-17(39)15-35-26(40)18-6-7-24(41-3)22(13-18)33-9-4-5-19-14-23-25(36-21-8-11-37(2)16-20(21)29)34-10-12-38(23)27(19)42-28(30,31)32/h6-7,10,12-14,17,20-21,33,39H,8-9,11,15-16H2,1-3H3,(H,34,36)(H,35,40). The van der Waals surface area contributed by atoms with Gasteiger partial charge in [0.15, 0.2) is 0 Å². The molecule has 9 nitrogen and oxygen atoms in total. The summed E-state index contributed by atoms with van der Waals surface area (Å²) in [7, 11) is 3.30. The summed E-state index contributed by atoms with van der Waals surface area (Å²) in [6.07, 6.45) is 1.53. The van der Waals surface area contributed by atoms with Gasteiger partial charge in [-0.15, -0.1) is 0 Å². The topological polar surface area (TPSA) is 103 Å². The van der Waals surface area contributed by atoms with E-state index in [2.05, 4.69) is 32.8 Å². The number of amides is 1. The summed E-state index contributed by atoms with van der Waals surface area (Å²) >= 11 is -1.90. The molecule has 14 heteroatoms. The van der Waals surface area contributed by atoms with E-state index in [9.17, 15) is 27.5 Å². The van der Waals surface area contributed by atoms with Gasteiger partial charge in [-0.25, -0.2) is 0 Å². The van der Waals surface area contributed by atoms with Crippen LogP contribution in [0.5, 0.6) is 5.75 Å². The second kappa shape index (κ2) is 13.6. The summed E-state index contributed by atoms with van der Waals surface area (Å²) in [6, 6.07) is 5.77. The van der Waals surface area contributed by atoms with Crippen LogP contribution in [0.3, 0.4) is 0 Å². The molecule has 0 saturated carbocycles. The van der Waals surface area contributed by atoms with Crippen LogP contribution in [0.25, 0.3) is 5.52 Å². The number of rotatable bonds is 9. The zero-order valence-corrected chi connectivity index (χ0v) is 25.0. The number of aliphatic hydroxyl groups excluding tert-OH is 1. The summed E-state index contributed by atoms with van der Waals surface area (Å²) in [6.45, 7) is 2.63. The van der Waals surface area contributed by atoms with Crippen molar-refractivity contribution in [2.24, 2.45) is 0 Å². The second-order valence-corrected chi connectivity index (χ2v) is 12.1. The van der Waals surface area contributed by atoms with Gasteiger partial charge in [0, 0.05) is 0 Å². The SMILES string of the molecule is COc1ccc(C(=O)NCC(C)O)cc1NCC#Cc1cc2c(NC3CCN(C)CC3F)nccn2c1[Se]C(F)(F)F. The summed E-state index contributed by atoms with van der Waals surface area (Å²) in [5.41, 5.74) is 1.38. The Bertz CT molecular complexity index is 1470. The number of anilines is 2. The molecule has 4 rings (SSSR count). The molecular weight excluding hydrogens is 623 g/mol. The van der Waals surface area contributed by atoms with Crippen LogP contribution in [0.15, 0.2) is 36.7 Å². The Hall–Kier alpha value is -3.50. The molecule has 0 spiro atoms. The van der Waals surface area contributed by atoms with Gasteiger partial charge in [-0.1, -0.05) is 0 Å². The molecule has 1 amide bonds. The molecule has 3 aromatic rings. The molecule has 1 aliphatic heterocycles. The first kappa shape index (κ1) is 31.4. The molecule has 1 aromatic carbocycles. The summed E-state index contributed by atoms with van der Waals surface area (Å²) in [4.78, 5) is 18.6. The Morgan fingerprint density at radius 3 is 2.81 bits per heavy atom. The third-order valence-electron chi connectivity index (χ3n) is 6.54. The number of alkyl halides is 4. The van der Waals surface area contributed by atoms with Gasteiger partial charge < -0.3 is 5.11 Å². The monoisotopic (exact) mass is 656 g/mol. The summed E-state index contributed by atoms with van der Waals surface area (Å²) in [5, 5.41) is 13.7. The maximum atomic E-state index is 14.7. The summed E-state index contributed by atoms with van der Waals surface area (Å²) in [5.74, 6) is 6.07. The number of benzene rings is 1. The number of carbonyl (C=O) groups excluding carboxylic acids is 1. The Kier molecular flexibility index (Phi) is 10.2. The van der Waals surface area contributed by atoms with Gasteiger partial charge in [-0.05, 0) is 6.92 Å². The number of methoxy groups -OCH3 is 1. The van der Waals surface area contributed by atoms with E-state index in [-0.39, 0.29) is 35.7 Å². The number of fused-ring (bicyclic) bond motifs is 1. The van der Waals surface area contributed by atoms with E-state index in [0.717, 1.165) is 0 Å². The predicted molar refractivity (Wildman–Crippen MR) is 153 cm³/mol. The Morgan fingerprint density at radius 2 is 2.12 bits per heavy atom. The molecule has 1 saturated heterocycles. The van der Waals surface area contributed by atoms with Crippen molar-refractivity contribution in [3.63, 3.8) is 0 Å². The van der Waals surface area contributed by atoms with Crippen LogP contribution < -0.4 is 25.3 Å². The van der Waals surface area contributed by atoms with Crippen LogP contribution in [0.4, 0.5) is 29.1 Å². The summed E-state index contributed by atoms with van der Waals surface area (Å²) < 4.78 is 62.2. The van der Waals surface area contributed by atoms with Crippen LogP contribution in [-0.2, 0) is 0 Å². The van der Waals surface area contributed by atoms with Crippen LogP contribution in [0.2, 0.25) is 0 Å². The molecular formula is C28H32F4N6O3Se. The number of halogens is 4. The number of nitrogens with zero attached hydrogens (tertiary/aromatic N) is 3. The quantitative estimate of drug-likeness (QED) is 0.159. The van der Waals surface area contributed by atoms with Gasteiger partial charge in [0.2, 0.25) is 0 Å². The number of nitrogens with one attached hydrogen (secondary N) is 3. The Balaban J connectivity index is 1.57. The molecule has 1 aliphatic rings. The van der Waals surface area contributed by atoms with E-state index in [1.165, 1.54) is 23.9 Å². The molecule has 3 heterocycles. The average molecular weight is 656 g/mol. The Labute approximate surface area is 247 Å². The molecule has 2 aromatic heterocycles.